The zero-order valence-electron chi connectivity index (χ0n) is 16.4. The lowest BCUT2D eigenvalue weighted by atomic mass is 9.74. The first kappa shape index (κ1) is 23.0. The fraction of sp³-hybridized carbons (Fsp3) is 0.500. The number of aromatic nitrogens is 2. The first-order valence-electron chi connectivity index (χ1n) is 9.46. The molecule has 2 N–H and O–H groups in total. The van der Waals surface area contributed by atoms with Crippen LogP contribution in [0.15, 0.2) is 41.5 Å². The van der Waals surface area contributed by atoms with Gasteiger partial charge in [0.2, 0.25) is 0 Å². The smallest absolute Gasteiger partial charge is 0.191 e. The highest BCUT2D eigenvalue weighted by atomic mass is 127. The molecule has 1 aliphatic heterocycles. The van der Waals surface area contributed by atoms with Crippen LogP contribution < -0.4 is 10.6 Å². The van der Waals surface area contributed by atoms with Gasteiger partial charge in [0.1, 0.15) is 0 Å². The average Bonchev–Trinajstić information content (AvgIpc) is 3.09. The van der Waals surface area contributed by atoms with E-state index in [2.05, 4.69) is 34.8 Å². The second-order valence-electron chi connectivity index (χ2n) is 6.90. The molecule has 0 bridgehead atoms. The molecule has 8 heteroatoms. The van der Waals surface area contributed by atoms with Crippen LogP contribution in [0.2, 0.25) is 5.02 Å². The van der Waals surface area contributed by atoms with Crippen LogP contribution >= 0.6 is 35.6 Å². The van der Waals surface area contributed by atoms with Gasteiger partial charge in [-0.15, -0.1) is 24.0 Å². The van der Waals surface area contributed by atoms with Crippen molar-refractivity contribution in [1.29, 1.82) is 0 Å². The minimum absolute atomic E-state index is 0. The maximum atomic E-state index is 6.26. The molecule has 1 aromatic carbocycles. The minimum Gasteiger partial charge on any atom is -0.381 e. The van der Waals surface area contributed by atoms with Gasteiger partial charge in [0.25, 0.3) is 0 Å². The van der Waals surface area contributed by atoms with Crippen LogP contribution in [0.5, 0.6) is 0 Å². The largest absolute Gasteiger partial charge is 0.381 e. The second kappa shape index (κ2) is 11.0. The van der Waals surface area contributed by atoms with E-state index in [0.29, 0.717) is 6.54 Å². The van der Waals surface area contributed by atoms with E-state index in [1.165, 1.54) is 5.56 Å². The highest BCUT2D eigenvalue weighted by molar-refractivity contribution is 14.0. The zero-order chi connectivity index (χ0) is 19.1. The monoisotopic (exact) mass is 517 g/mol. The number of halogens is 2. The number of aryl methyl sites for hydroxylation is 1. The molecule has 0 amide bonds. The molecule has 154 valence electrons. The Hall–Kier alpha value is -1.32. The summed E-state index contributed by atoms with van der Waals surface area (Å²) in [5.74, 6) is 0.812. The molecule has 28 heavy (non-hydrogen) atoms. The zero-order valence-corrected chi connectivity index (χ0v) is 19.5. The number of nitrogens with zero attached hydrogens (tertiary/aromatic N) is 3. The van der Waals surface area contributed by atoms with E-state index < -0.39 is 0 Å². The van der Waals surface area contributed by atoms with Crippen molar-refractivity contribution < 1.29 is 4.74 Å². The van der Waals surface area contributed by atoms with Crippen molar-refractivity contribution in [2.45, 2.75) is 31.7 Å². The molecule has 2 heterocycles. The molecule has 1 fully saturated rings. The van der Waals surface area contributed by atoms with E-state index >= 15 is 0 Å². The van der Waals surface area contributed by atoms with Gasteiger partial charge in [0, 0.05) is 50.0 Å². The minimum atomic E-state index is -0.00806. The first-order chi connectivity index (χ1) is 13.1. The Balaban J connectivity index is 0.00000280. The van der Waals surface area contributed by atoms with Crippen LogP contribution in [0, 0.1) is 0 Å². The van der Waals surface area contributed by atoms with Crippen LogP contribution in [0.3, 0.4) is 0 Å². The molecule has 0 aliphatic carbocycles. The number of rotatable bonds is 6. The predicted octanol–water partition coefficient (Wildman–Crippen LogP) is 3.50. The SMILES string of the molecule is CCNC(=NCc1ccnn1C)NCC1(c2cccc(Cl)c2)CCOCC1.I. The first-order valence-corrected chi connectivity index (χ1v) is 9.83. The van der Waals surface area contributed by atoms with Crippen LogP contribution in [-0.4, -0.2) is 42.0 Å². The van der Waals surface area contributed by atoms with E-state index in [0.717, 1.165) is 55.8 Å². The highest BCUT2D eigenvalue weighted by Crippen LogP contribution is 2.35. The molecule has 1 saturated heterocycles. The van der Waals surface area contributed by atoms with E-state index in [4.69, 9.17) is 21.3 Å². The Morgan fingerprint density at radius 3 is 2.71 bits per heavy atom. The summed E-state index contributed by atoms with van der Waals surface area (Å²) in [4.78, 5) is 4.72. The van der Waals surface area contributed by atoms with Crippen molar-refractivity contribution in [3.63, 3.8) is 0 Å². The van der Waals surface area contributed by atoms with Gasteiger partial charge < -0.3 is 15.4 Å². The summed E-state index contributed by atoms with van der Waals surface area (Å²) in [7, 11) is 1.93. The highest BCUT2D eigenvalue weighted by Gasteiger charge is 2.34. The van der Waals surface area contributed by atoms with Gasteiger partial charge >= 0.3 is 0 Å². The third-order valence-electron chi connectivity index (χ3n) is 5.15. The summed E-state index contributed by atoms with van der Waals surface area (Å²) in [6.07, 6.45) is 3.71. The van der Waals surface area contributed by atoms with Gasteiger partial charge in [-0.05, 0) is 43.5 Å². The van der Waals surface area contributed by atoms with Gasteiger partial charge in [-0.1, -0.05) is 23.7 Å². The molecule has 0 spiro atoms. The van der Waals surface area contributed by atoms with Gasteiger partial charge in [-0.3, -0.25) is 4.68 Å². The van der Waals surface area contributed by atoms with Crippen molar-refractivity contribution in [1.82, 2.24) is 20.4 Å². The summed E-state index contributed by atoms with van der Waals surface area (Å²) in [6.45, 7) is 5.77. The van der Waals surface area contributed by atoms with Crippen molar-refractivity contribution >= 4 is 41.5 Å². The molecular weight excluding hydrogens is 489 g/mol. The number of guanidine groups is 1. The lowest BCUT2D eigenvalue weighted by Crippen LogP contribution is -2.48. The summed E-state index contributed by atoms with van der Waals surface area (Å²) in [6, 6.07) is 10.2. The molecule has 0 unspecified atom stereocenters. The molecule has 0 atom stereocenters. The number of hydrogen-bond donors (Lipinski definition) is 2. The Morgan fingerprint density at radius 2 is 2.07 bits per heavy atom. The summed E-state index contributed by atoms with van der Waals surface area (Å²) >= 11 is 6.26. The topological polar surface area (TPSA) is 63.5 Å². The number of hydrogen-bond acceptors (Lipinski definition) is 3. The lowest BCUT2D eigenvalue weighted by Gasteiger charge is -2.38. The van der Waals surface area contributed by atoms with Crippen molar-refractivity contribution in [2.24, 2.45) is 12.0 Å². The molecule has 3 rings (SSSR count). The van der Waals surface area contributed by atoms with Crippen molar-refractivity contribution in [3.05, 3.63) is 52.8 Å². The predicted molar refractivity (Wildman–Crippen MR) is 125 cm³/mol. The van der Waals surface area contributed by atoms with Gasteiger partial charge in [0.05, 0.1) is 12.2 Å². The van der Waals surface area contributed by atoms with Crippen LogP contribution in [0.1, 0.15) is 31.0 Å². The van der Waals surface area contributed by atoms with Gasteiger partial charge in [-0.25, -0.2) is 4.99 Å². The maximum absolute atomic E-state index is 6.26. The number of nitrogens with one attached hydrogen (secondary N) is 2. The standard InChI is InChI=1S/C20H28ClN5O.HI/c1-3-22-19(23-14-18-7-10-25-26(18)2)24-15-20(8-11-27-12-9-20)16-5-4-6-17(21)13-16;/h4-7,10,13H,3,8-9,11-12,14-15H2,1-2H3,(H2,22,23,24);1H. The lowest BCUT2D eigenvalue weighted by molar-refractivity contribution is 0.0514. The molecule has 0 radical (unpaired) electrons. The second-order valence-corrected chi connectivity index (χ2v) is 7.33. The Bertz CT molecular complexity index is 773. The molecule has 2 aromatic rings. The Labute approximate surface area is 189 Å². The Morgan fingerprint density at radius 1 is 1.29 bits per heavy atom. The fourth-order valence-electron chi connectivity index (χ4n) is 3.46. The third-order valence-corrected chi connectivity index (χ3v) is 5.38. The van der Waals surface area contributed by atoms with Crippen molar-refractivity contribution in [3.8, 4) is 0 Å². The van der Waals surface area contributed by atoms with Crippen LogP contribution in [-0.2, 0) is 23.7 Å². The molecule has 0 saturated carbocycles. The summed E-state index contributed by atoms with van der Waals surface area (Å²) in [5, 5.41) is 11.9. The summed E-state index contributed by atoms with van der Waals surface area (Å²) < 4.78 is 7.47. The number of benzene rings is 1. The van der Waals surface area contributed by atoms with E-state index in [-0.39, 0.29) is 29.4 Å². The molecule has 6 nitrogen and oxygen atoms in total. The number of aliphatic imine (C=N–C) groups is 1. The van der Waals surface area contributed by atoms with E-state index in [1.54, 1.807) is 6.20 Å². The quantitative estimate of drug-likeness (QED) is 0.350. The van der Waals surface area contributed by atoms with E-state index in [1.807, 2.05) is 29.9 Å². The fourth-order valence-corrected chi connectivity index (χ4v) is 3.65. The molecule has 1 aromatic heterocycles. The van der Waals surface area contributed by atoms with E-state index in [9.17, 15) is 0 Å². The molecular formula is C20H29ClIN5O. The normalized spacial score (nSPS) is 16.3. The maximum Gasteiger partial charge on any atom is 0.191 e. The van der Waals surface area contributed by atoms with Crippen LogP contribution in [0.4, 0.5) is 0 Å². The molecule has 1 aliphatic rings. The van der Waals surface area contributed by atoms with Gasteiger partial charge in [-0.2, -0.15) is 5.10 Å². The summed E-state index contributed by atoms with van der Waals surface area (Å²) in [5.41, 5.74) is 2.32. The van der Waals surface area contributed by atoms with Gasteiger partial charge in [0.15, 0.2) is 5.96 Å². The van der Waals surface area contributed by atoms with Crippen molar-refractivity contribution in [2.75, 3.05) is 26.3 Å². The third kappa shape index (κ3) is 5.84. The average molecular weight is 518 g/mol. The Kier molecular flexibility index (Phi) is 9.04. The van der Waals surface area contributed by atoms with Crippen LogP contribution in [0.25, 0.3) is 0 Å². The number of ether oxygens (including phenoxy) is 1.